The van der Waals surface area contributed by atoms with Crippen LogP contribution < -0.4 is 4.74 Å². The zero-order valence-electron chi connectivity index (χ0n) is 15.4. The van der Waals surface area contributed by atoms with Crippen molar-refractivity contribution in [2.24, 2.45) is 0 Å². The molecule has 0 aliphatic rings. The number of rotatable bonds is 6. The minimum absolute atomic E-state index is 0.0723. The molecule has 27 heavy (non-hydrogen) atoms. The largest absolute Gasteiger partial charge is 0.483 e. The summed E-state index contributed by atoms with van der Waals surface area (Å²) in [6.45, 7) is 4.15. The summed E-state index contributed by atoms with van der Waals surface area (Å²) in [5, 5.41) is 8.07. The molecule has 3 aromatic rings. The van der Waals surface area contributed by atoms with Gasteiger partial charge in [-0.2, -0.15) is 0 Å². The van der Waals surface area contributed by atoms with E-state index >= 15 is 0 Å². The van der Waals surface area contributed by atoms with E-state index in [1.54, 1.807) is 7.05 Å². The zero-order valence-corrected chi connectivity index (χ0v) is 17.0. The van der Waals surface area contributed by atoms with Crippen molar-refractivity contribution >= 4 is 21.8 Å². The number of aryl methyl sites for hydroxylation is 2. The Morgan fingerprint density at radius 1 is 1.11 bits per heavy atom. The Labute approximate surface area is 166 Å². The summed E-state index contributed by atoms with van der Waals surface area (Å²) in [5.74, 6) is 1.25. The van der Waals surface area contributed by atoms with Crippen LogP contribution in [0.1, 0.15) is 17.0 Å². The van der Waals surface area contributed by atoms with Crippen molar-refractivity contribution in [3.8, 4) is 17.2 Å². The van der Waals surface area contributed by atoms with E-state index in [-0.39, 0.29) is 19.1 Å². The number of likely N-dealkylation sites (N-methyl/N-ethyl adjacent to an activating group) is 1. The normalized spacial score (nSPS) is 10.7. The molecule has 0 saturated carbocycles. The highest BCUT2D eigenvalue weighted by Crippen LogP contribution is 2.25. The molecule has 1 heterocycles. The number of nitrogens with zero attached hydrogens (tertiary/aromatic N) is 3. The maximum absolute atomic E-state index is 12.3. The van der Waals surface area contributed by atoms with E-state index < -0.39 is 0 Å². The maximum Gasteiger partial charge on any atom is 0.260 e. The van der Waals surface area contributed by atoms with Crippen molar-refractivity contribution in [3.05, 3.63) is 64.0 Å². The van der Waals surface area contributed by atoms with Gasteiger partial charge < -0.3 is 14.1 Å². The molecule has 6 nitrogen and oxygen atoms in total. The molecule has 0 unspecified atom stereocenters. The van der Waals surface area contributed by atoms with Gasteiger partial charge in [-0.1, -0.05) is 23.8 Å². The summed E-state index contributed by atoms with van der Waals surface area (Å²) >= 11 is 3.43. The Bertz CT molecular complexity index is 938. The topological polar surface area (TPSA) is 68.5 Å². The molecule has 1 amide bonds. The number of aromatic nitrogens is 2. The molecule has 0 aliphatic heterocycles. The van der Waals surface area contributed by atoms with E-state index in [2.05, 4.69) is 26.1 Å². The lowest BCUT2D eigenvalue weighted by atomic mass is 10.1. The van der Waals surface area contributed by atoms with E-state index in [4.69, 9.17) is 9.15 Å². The van der Waals surface area contributed by atoms with Crippen molar-refractivity contribution in [1.29, 1.82) is 0 Å². The molecular formula is C20H20BrN3O3. The van der Waals surface area contributed by atoms with Crippen LogP contribution in [0, 0.1) is 13.8 Å². The van der Waals surface area contributed by atoms with Crippen molar-refractivity contribution < 1.29 is 13.9 Å². The Balaban J connectivity index is 1.57. The SMILES string of the molecule is Cc1ccc(-c2nnc(CN(C)C(=O)COc3ccc(C)cc3Br)o2)cc1. The van der Waals surface area contributed by atoms with Crippen LogP contribution in [0.15, 0.2) is 51.4 Å². The third-order valence-corrected chi connectivity index (χ3v) is 4.62. The van der Waals surface area contributed by atoms with Crippen LogP contribution in [0.25, 0.3) is 11.5 Å². The van der Waals surface area contributed by atoms with Gasteiger partial charge in [-0.05, 0) is 59.6 Å². The molecule has 0 saturated heterocycles. The fourth-order valence-corrected chi connectivity index (χ4v) is 3.00. The van der Waals surface area contributed by atoms with E-state index in [1.165, 1.54) is 4.90 Å². The third kappa shape index (κ3) is 4.95. The first-order valence-electron chi connectivity index (χ1n) is 8.44. The van der Waals surface area contributed by atoms with Crippen molar-refractivity contribution in [2.45, 2.75) is 20.4 Å². The minimum atomic E-state index is -0.183. The molecule has 3 rings (SSSR count). The smallest absolute Gasteiger partial charge is 0.260 e. The average molecular weight is 430 g/mol. The molecular weight excluding hydrogens is 410 g/mol. The molecule has 0 spiro atoms. The molecule has 1 aromatic heterocycles. The predicted octanol–water partition coefficient (Wildman–Crippen LogP) is 4.15. The van der Waals surface area contributed by atoms with Gasteiger partial charge in [0.15, 0.2) is 6.61 Å². The number of hydrogen-bond acceptors (Lipinski definition) is 5. The summed E-state index contributed by atoms with van der Waals surface area (Å²) in [4.78, 5) is 13.8. The number of halogens is 1. The average Bonchev–Trinajstić information content (AvgIpc) is 3.09. The van der Waals surface area contributed by atoms with Crippen LogP contribution in [0.4, 0.5) is 0 Å². The van der Waals surface area contributed by atoms with Gasteiger partial charge in [0.25, 0.3) is 5.91 Å². The summed E-state index contributed by atoms with van der Waals surface area (Å²) in [6.07, 6.45) is 0. The number of hydrogen-bond donors (Lipinski definition) is 0. The van der Waals surface area contributed by atoms with E-state index in [0.29, 0.717) is 17.5 Å². The third-order valence-electron chi connectivity index (χ3n) is 4.00. The molecule has 7 heteroatoms. The molecule has 0 radical (unpaired) electrons. The lowest BCUT2D eigenvalue weighted by molar-refractivity contribution is -0.132. The minimum Gasteiger partial charge on any atom is -0.483 e. The van der Waals surface area contributed by atoms with Gasteiger partial charge in [0.1, 0.15) is 5.75 Å². The van der Waals surface area contributed by atoms with Crippen LogP contribution in [-0.4, -0.2) is 34.7 Å². The number of amides is 1. The molecule has 0 bridgehead atoms. The van der Waals surface area contributed by atoms with Crippen LogP contribution in [-0.2, 0) is 11.3 Å². The Hall–Kier alpha value is -2.67. The van der Waals surface area contributed by atoms with Crippen molar-refractivity contribution in [3.63, 3.8) is 0 Å². The van der Waals surface area contributed by atoms with Crippen LogP contribution >= 0.6 is 15.9 Å². The molecule has 0 atom stereocenters. The van der Waals surface area contributed by atoms with Gasteiger partial charge in [0.2, 0.25) is 11.8 Å². The van der Waals surface area contributed by atoms with Gasteiger partial charge in [0, 0.05) is 12.6 Å². The number of ether oxygens (including phenoxy) is 1. The van der Waals surface area contributed by atoms with Gasteiger partial charge in [-0.25, -0.2) is 0 Å². The molecule has 0 aliphatic carbocycles. The monoisotopic (exact) mass is 429 g/mol. The zero-order chi connectivity index (χ0) is 19.4. The second kappa shape index (κ2) is 8.35. The standard InChI is InChI=1S/C20H20BrN3O3/c1-13-4-7-15(8-5-13)20-23-22-18(27-20)11-24(3)19(25)12-26-17-9-6-14(2)10-16(17)21/h4-10H,11-12H2,1-3H3. The van der Waals surface area contributed by atoms with Crippen molar-refractivity contribution in [1.82, 2.24) is 15.1 Å². The fourth-order valence-electron chi connectivity index (χ4n) is 2.39. The lowest BCUT2D eigenvalue weighted by Gasteiger charge is -2.16. The molecule has 2 aromatic carbocycles. The summed E-state index contributed by atoms with van der Waals surface area (Å²) in [5.41, 5.74) is 3.11. The highest BCUT2D eigenvalue weighted by atomic mass is 79.9. The van der Waals surface area contributed by atoms with Gasteiger partial charge >= 0.3 is 0 Å². The summed E-state index contributed by atoms with van der Waals surface area (Å²) < 4.78 is 12.1. The number of carbonyl (C=O) groups excluding carboxylic acids is 1. The van der Waals surface area contributed by atoms with Gasteiger partial charge in [-0.3, -0.25) is 4.79 Å². The Morgan fingerprint density at radius 3 is 2.52 bits per heavy atom. The molecule has 140 valence electrons. The van der Waals surface area contributed by atoms with Crippen LogP contribution in [0.2, 0.25) is 0 Å². The number of benzene rings is 2. The van der Waals surface area contributed by atoms with Crippen LogP contribution in [0.5, 0.6) is 5.75 Å². The summed E-state index contributed by atoms with van der Waals surface area (Å²) in [7, 11) is 1.67. The van der Waals surface area contributed by atoms with Crippen molar-refractivity contribution in [2.75, 3.05) is 13.7 Å². The second-order valence-electron chi connectivity index (χ2n) is 6.34. The highest BCUT2D eigenvalue weighted by Gasteiger charge is 2.15. The Morgan fingerprint density at radius 2 is 1.81 bits per heavy atom. The first-order valence-corrected chi connectivity index (χ1v) is 9.24. The Kier molecular flexibility index (Phi) is 5.91. The molecule has 0 fully saturated rings. The second-order valence-corrected chi connectivity index (χ2v) is 7.19. The predicted molar refractivity (Wildman–Crippen MR) is 105 cm³/mol. The highest BCUT2D eigenvalue weighted by molar-refractivity contribution is 9.10. The first kappa shape index (κ1) is 19.1. The van der Waals surface area contributed by atoms with E-state index in [0.717, 1.165) is 21.2 Å². The molecule has 0 N–H and O–H groups in total. The van der Waals surface area contributed by atoms with Crippen LogP contribution in [0.3, 0.4) is 0 Å². The lowest BCUT2D eigenvalue weighted by Crippen LogP contribution is -2.31. The quantitative estimate of drug-likeness (QED) is 0.588. The van der Waals surface area contributed by atoms with Gasteiger partial charge in [-0.15, -0.1) is 10.2 Å². The summed E-state index contributed by atoms with van der Waals surface area (Å²) in [6, 6.07) is 13.5. The maximum atomic E-state index is 12.3. The first-order chi connectivity index (χ1) is 12.9. The fraction of sp³-hybridized carbons (Fsp3) is 0.250. The van der Waals surface area contributed by atoms with E-state index in [9.17, 15) is 4.79 Å². The van der Waals surface area contributed by atoms with E-state index in [1.807, 2.05) is 56.3 Å². The number of carbonyl (C=O) groups is 1. The van der Waals surface area contributed by atoms with Gasteiger partial charge in [0.05, 0.1) is 11.0 Å².